The third-order valence-electron chi connectivity index (χ3n) is 4.57. The summed E-state index contributed by atoms with van der Waals surface area (Å²) in [7, 11) is -0.204. The molecular formula is C22H31N3O4S. The fourth-order valence-electron chi connectivity index (χ4n) is 2.91. The molecule has 0 aliphatic carbocycles. The molecule has 0 amide bonds. The average molecular weight is 434 g/mol. The first-order chi connectivity index (χ1) is 14.4. The SMILES string of the molecule is CCNC(=NCc1ccc(OC)c(OC)c1)NC(CC)CS(=O)(=O)c1ccccc1. The molecule has 0 fully saturated rings. The quantitative estimate of drug-likeness (QED) is 0.442. The van der Waals surface area contributed by atoms with Crippen LogP contribution >= 0.6 is 0 Å². The lowest BCUT2D eigenvalue weighted by Gasteiger charge is -2.20. The van der Waals surface area contributed by atoms with Crippen molar-refractivity contribution < 1.29 is 17.9 Å². The second kappa shape index (κ2) is 11.4. The van der Waals surface area contributed by atoms with E-state index in [1.54, 1.807) is 44.6 Å². The lowest BCUT2D eigenvalue weighted by Crippen LogP contribution is -2.46. The molecule has 8 heteroatoms. The summed E-state index contributed by atoms with van der Waals surface area (Å²) >= 11 is 0. The van der Waals surface area contributed by atoms with Crippen LogP contribution in [0.1, 0.15) is 25.8 Å². The van der Waals surface area contributed by atoms with Crippen LogP contribution in [-0.2, 0) is 16.4 Å². The Morgan fingerprint density at radius 2 is 1.73 bits per heavy atom. The first kappa shape index (κ1) is 23.5. The lowest BCUT2D eigenvalue weighted by atomic mass is 10.2. The second-order valence-corrected chi connectivity index (χ2v) is 8.76. The maximum atomic E-state index is 12.7. The van der Waals surface area contributed by atoms with Gasteiger partial charge in [-0.3, -0.25) is 0 Å². The van der Waals surface area contributed by atoms with E-state index >= 15 is 0 Å². The van der Waals surface area contributed by atoms with Crippen molar-refractivity contribution in [2.24, 2.45) is 4.99 Å². The molecule has 0 bridgehead atoms. The zero-order chi connectivity index (χ0) is 22.0. The Morgan fingerprint density at radius 3 is 2.33 bits per heavy atom. The van der Waals surface area contributed by atoms with E-state index in [1.165, 1.54) is 0 Å². The molecule has 0 radical (unpaired) electrons. The standard InChI is InChI=1S/C22H31N3O4S/c1-5-18(16-30(26,27)19-10-8-7-9-11-19)25-22(23-6-2)24-15-17-12-13-20(28-3)21(14-17)29-4/h7-14,18H,5-6,15-16H2,1-4H3,(H2,23,24,25). The maximum Gasteiger partial charge on any atom is 0.191 e. The molecule has 164 valence electrons. The number of nitrogens with zero attached hydrogens (tertiary/aromatic N) is 1. The van der Waals surface area contributed by atoms with Crippen molar-refractivity contribution in [3.8, 4) is 11.5 Å². The second-order valence-electron chi connectivity index (χ2n) is 6.73. The Balaban J connectivity index is 2.12. The Hall–Kier alpha value is -2.74. The van der Waals surface area contributed by atoms with Crippen molar-refractivity contribution >= 4 is 15.8 Å². The van der Waals surface area contributed by atoms with E-state index < -0.39 is 9.84 Å². The van der Waals surface area contributed by atoms with Crippen molar-refractivity contribution in [3.05, 3.63) is 54.1 Å². The Morgan fingerprint density at radius 1 is 1.03 bits per heavy atom. The summed E-state index contributed by atoms with van der Waals surface area (Å²) in [5, 5.41) is 6.44. The number of benzene rings is 2. The van der Waals surface area contributed by atoms with Crippen LogP contribution in [0.25, 0.3) is 0 Å². The van der Waals surface area contributed by atoms with Crippen LogP contribution in [-0.4, -0.2) is 46.9 Å². The van der Waals surface area contributed by atoms with Gasteiger partial charge >= 0.3 is 0 Å². The number of ether oxygens (including phenoxy) is 2. The molecule has 0 saturated heterocycles. The van der Waals surface area contributed by atoms with Gasteiger partial charge in [0.05, 0.1) is 31.4 Å². The highest BCUT2D eigenvalue weighted by molar-refractivity contribution is 7.91. The highest BCUT2D eigenvalue weighted by Gasteiger charge is 2.21. The molecule has 30 heavy (non-hydrogen) atoms. The number of hydrogen-bond acceptors (Lipinski definition) is 5. The fourth-order valence-corrected chi connectivity index (χ4v) is 4.53. The predicted octanol–water partition coefficient (Wildman–Crippen LogP) is 3.01. The fraction of sp³-hybridized carbons (Fsp3) is 0.409. The number of rotatable bonds is 10. The number of hydrogen-bond donors (Lipinski definition) is 2. The highest BCUT2D eigenvalue weighted by Crippen LogP contribution is 2.27. The number of guanidine groups is 1. The molecule has 0 aliphatic heterocycles. The van der Waals surface area contributed by atoms with Gasteiger partial charge in [0.15, 0.2) is 27.3 Å². The molecule has 0 heterocycles. The zero-order valence-corrected chi connectivity index (χ0v) is 18.8. The van der Waals surface area contributed by atoms with Gasteiger partial charge in [0, 0.05) is 12.6 Å². The summed E-state index contributed by atoms with van der Waals surface area (Å²) in [5.74, 6) is 1.87. The van der Waals surface area contributed by atoms with Crippen LogP contribution in [0.3, 0.4) is 0 Å². The van der Waals surface area contributed by atoms with Gasteiger partial charge < -0.3 is 20.1 Å². The van der Waals surface area contributed by atoms with Gasteiger partial charge in [-0.2, -0.15) is 0 Å². The first-order valence-electron chi connectivity index (χ1n) is 9.97. The van der Waals surface area contributed by atoms with Crippen molar-refractivity contribution in [1.82, 2.24) is 10.6 Å². The third kappa shape index (κ3) is 6.66. The maximum absolute atomic E-state index is 12.7. The molecule has 0 saturated carbocycles. The molecule has 0 aromatic heterocycles. The van der Waals surface area contributed by atoms with Crippen LogP contribution in [0.5, 0.6) is 11.5 Å². The van der Waals surface area contributed by atoms with E-state index in [9.17, 15) is 8.42 Å². The normalized spacial score (nSPS) is 12.9. The van der Waals surface area contributed by atoms with Gasteiger partial charge in [0.1, 0.15) is 0 Å². The first-order valence-corrected chi connectivity index (χ1v) is 11.6. The minimum Gasteiger partial charge on any atom is -0.493 e. The van der Waals surface area contributed by atoms with Gasteiger partial charge in [-0.15, -0.1) is 0 Å². The van der Waals surface area contributed by atoms with Crippen molar-refractivity contribution in [3.63, 3.8) is 0 Å². The summed E-state index contributed by atoms with van der Waals surface area (Å²) in [4.78, 5) is 4.94. The summed E-state index contributed by atoms with van der Waals surface area (Å²) in [6.45, 7) is 5.00. The van der Waals surface area contributed by atoms with Crippen LogP contribution in [0.4, 0.5) is 0 Å². The molecule has 1 unspecified atom stereocenters. The molecule has 2 aromatic rings. The molecule has 2 N–H and O–H groups in total. The summed E-state index contributed by atoms with van der Waals surface area (Å²) in [6.07, 6.45) is 0.646. The molecule has 7 nitrogen and oxygen atoms in total. The number of nitrogens with one attached hydrogen (secondary N) is 2. The predicted molar refractivity (Wildman–Crippen MR) is 120 cm³/mol. The van der Waals surface area contributed by atoms with E-state index in [0.717, 1.165) is 5.56 Å². The van der Waals surface area contributed by atoms with Crippen LogP contribution in [0.15, 0.2) is 58.4 Å². The molecule has 1 atom stereocenters. The smallest absolute Gasteiger partial charge is 0.191 e. The number of sulfone groups is 1. The monoisotopic (exact) mass is 433 g/mol. The van der Waals surface area contributed by atoms with Crippen LogP contribution < -0.4 is 20.1 Å². The molecule has 2 rings (SSSR count). The minimum atomic E-state index is -3.39. The Labute approximate surface area is 179 Å². The van der Waals surface area contributed by atoms with E-state index in [-0.39, 0.29) is 11.8 Å². The molecule has 2 aromatic carbocycles. The summed E-state index contributed by atoms with van der Waals surface area (Å²) in [5.41, 5.74) is 0.954. The minimum absolute atomic E-state index is 0.00567. The van der Waals surface area contributed by atoms with Gasteiger partial charge in [0.2, 0.25) is 0 Å². The van der Waals surface area contributed by atoms with Crippen LogP contribution in [0.2, 0.25) is 0 Å². The highest BCUT2D eigenvalue weighted by atomic mass is 32.2. The van der Waals surface area contributed by atoms with E-state index in [1.807, 2.05) is 32.0 Å². The van der Waals surface area contributed by atoms with E-state index in [4.69, 9.17) is 9.47 Å². The topological polar surface area (TPSA) is 89.0 Å². The lowest BCUT2D eigenvalue weighted by molar-refractivity contribution is 0.354. The van der Waals surface area contributed by atoms with Crippen LogP contribution in [0, 0.1) is 0 Å². The van der Waals surface area contributed by atoms with Gasteiger partial charge in [-0.05, 0) is 43.2 Å². The third-order valence-corrected chi connectivity index (χ3v) is 6.40. The molecule has 0 aliphatic rings. The van der Waals surface area contributed by atoms with E-state index in [2.05, 4.69) is 15.6 Å². The van der Waals surface area contributed by atoms with Crippen molar-refractivity contribution in [2.45, 2.75) is 37.8 Å². The Bertz CT molecular complexity index is 931. The largest absolute Gasteiger partial charge is 0.493 e. The average Bonchev–Trinajstić information content (AvgIpc) is 2.77. The van der Waals surface area contributed by atoms with Crippen molar-refractivity contribution in [1.29, 1.82) is 0 Å². The van der Waals surface area contributed by atoms with Gasteiger partial charge in [-0.1, -0.05) is 31.2 Å². The van der Waals surface area contributed by atoms with Gasteiger partial charge in [-0.25, -0.2) is 13.4 Å². The van der Waals surface area contributed by atoms with Crippen molar-refractivity contribution in [2.75, 3.05) is 26.5 Å². The summed E-state index contributed by atoms with van der Waals surface area (Å²) < 4.78 is 36.1. The van der Waals surface area contributed by atoms with E-state index in [0.29, 0.717) is 41.9 Å². The molecular weight excluding hydrogens is 402 g/mol. The number of methoxy groups -OCH3 is 2. The molecule has 0 spiro atoms. The Kier molecular flexibility index (Phi) is 8.98. The summed E-state index contributed by atoms with van der Waals surface area (Å²) in [6, 6.07) is 13.9. The number of aliphatic imine (C=N–C) groups is 1. The zero-order valence-electron chi connectivity index (χ0n) is 18.0. The van der Waals surface area contributed by atoms with Gasteiger partial charge in [0.25, 0.3) is 0 Å².